The molecule has 1 aromatic carbocycles. The molecule has 8 nitrogen and oxygen atoms in total. The second-order valence-corrected chi connectivity index (χ2v) is 8.87. The fourth-order valence-electron chi connectivity index (χ4n) is 3.46. The first-order chi connectivity index (χ1) is 15.1. The van der Waals surface area contributed by atoms with Crippen molar-refractivity contribution < 1.29 is 33.4 Å². The Hall–Kier alpha value is -2.68. The molecule has 3 atom stereocenters. The molecule has 0 spiro atoms. The lowest BCUT2D eigenvalue weighted by Crippen LogP contribution is -2.56. The molecular weight excluding hydrogens is 419 g/mol. The molecule has 0 aliphatic carbocycles. The molecular formula is C23H33FN2O6. The van der Waals surface area contributed by atoms with Crippen LogP contribution in [0.1, 0.15) is 52.0 Å². The standard InChI is InChI=1S/C23H33FN2O6/c1-23(2,3)32-20(28)13-17(19(27)14-24)25-21(29)18-11-7-8-12-26(18)22(30)31-15-16-9-5-4-6-10-16/h4-6,9-10,17-19,27H,7-8,11-15H2,1-3H3,(H,25,29)/t17?,18-,19?/m0/s1. The Balaban J connectivity index is 2.02. The zero-order valence-corrected chi connectivity index (χ0v) is 18.9. The van der Waals surface area contributed by atoms with Gasteiger partial charge in [0.05, 0.1) is 12.5 Å². The molecule has 2 amide bonds. The van der Waals surface area contributed by atoms with Crippen LogP contribution in [-0.4, -0.2) is 65.0 Å². The number of alkyl halides is 1. The number of rotatable bonds is 8. The molecule has 2 unspecified atom stereocenters. The lowest BCUT2D eigenvalue weighted by atomic mass is 10.0. The summed E-state index contributed by atoms with van der Waals surface area (Å²) in [5.41, 5.74) is 0.0667. The van der Waals surface area contributed by atoms with Crippen molar-refractivity contribution in [3.05, 3.63) is 35.9 Å². The van der Waals surface area contributed by atoms with Gasteiger partial charge in [-0.15, -0.1) is 0 Å². The number of carbonyl (C=O) groups excluding carboxylic acids is 3. The normalized spacial score (nSPS) is 18.4. The summed E-state index contributed by atoms with van der Waals surface area (Å²) < 4.78 is 23.7. The molecule has 0 aromatic heterocycles. The van der Waals surface area contributed by atoms with Crippen LogP contribution >= 0.6 is 0 Å². The van der Waals surface area contributed by atoms with Crippen LogP contribution in [0.15, 0.2) is 30.3 Å². The van der Waals surface area contributed by atoms with E-state index in [-0.39, 0.29) is 13.0 Å². The maximum Gasteiger partial charge on any atom is 0.410 e. The minimum atomic E-state index is -1.58. The van der Waals surface area contributed by atoms with Crippen molar-refractivity contribution in [2.24, 2.45) is 0 Å². The number of esters is 1. The molecule has 1 heterocycles. The fourth-order valence-corrected chi connectivity index (χ4v) is 3.46. The van der Waals surface area contributed by atoms with Gasteiger partial charge in [-0.1, -0.05) is 30.3 Å². The summed E-state index contributed by atoms with van der Waals surface area (Å²) in [4.78, 5) is 39.1. The van der Waals surface area contributed by atoms with E-state index in [1.54, 1.807) is 20.8 Å². The molecule has 0 saturated carbocycles. The highest BCUT2D eigenvalue weighted by Crippen LogP contribution is 2.20. The number of hydrogen-bond donors (Lipinski definition) is 2. The van der Waals surface area contributed by atoms with Crippen molar-refractivity contribution in [3.63, 3.8) is 0 Å². The highest BCUT2D eigenvalue weighted by molar-refractivity contribution is 5.86. The largest absolute Gasteiger partial charge is 0.460 e. The Labute approximate surface area is 188 Å². The van der Waals surface area contributed by atoms with E-state index in [0.717, 1.165) is 18.4 Å². The number of amides is 2. The molecule has 0 bridgehead atoms. The zero-order valence-electron chi connectivity index (χ0n) is 18.9. The van der Waals surface area contributed by atoms with Gasteiger partial charge >= 0.3 is 12.1 Å². The Morgan fingerprint density at radius 3 is 2.53 bits per heavy atom. The quantitative estimate of drug-likeness (QED) is 0.588. The fraction of sp³-hybridized carbons (Fsp3) is 0.609. The molecule has 1 saturated heterocycles. The van der Waals surface area contributed by atoms with E-state index in [4.69, 9.17) is 9.47 Å². The number of benzene rings is 1. The first kappa shape index (κ1) is 25.6. The van der Waals surface area contributed by atoms with Gasteiger partial charge in [-0.2, -0.15) is 0 Å². The molecule has 9 heteroatoms. The van der Waals surface area contributed by atoms with Gasteiger partial charge in [0.15, 0.2) is 0 Å². The average Bonchev–Trinajstić information content (AvgIpc) is 2.75. The summed E-state index contributed by atoms with van der Waals surface area (Å²) in [5, 5.41) is 12.5. The van der Waals surface area contributed by atoms with Crippen LogP contribution in [0.5, 0.6) is 0 Å². The molecule has 1 aromatic rings. The SMILES string of the molecule is CC(C)(C)OC(=O)CC(NC(=O)[C@@H]1CCCCN1C(=O)OCc1ccccc1)C(O)CF. The molecule has 1 fully saturated rings. The van der Waals surface area contributed by atoms with Gasteiger partial charge in [-0.05, 0) is 45.6 Å². The van der Waals surface area contributed by atoms with E-state index >= 15 is 0 Å². The summed E-state index contributed by atoms with van der Waals surface area (Å²) in [5.74, 6) is -1.24. The smallest absolute Gasteiger partial charge is 0.410 e. The second-order valence-electron chi connectivity index (χ2n) is 8.87. The van der Waals surface area contributed by atoms with Gasteiger partial charge in [-0.3, -0.25) is 14.5 Å². The summed E-state index contributed by atoms with van der Waals surface area (Å²) in [7, 11) is 0. The summed E-state index contributed by atoms with van der Waals surface area (Å²) in [6, 6.07) is 7.17. The van der Waals surface area contributed by atoms with E-state index in [1.165, 1.54) is 4.90 Å². The monoisotopic (exact) mass is 452 g/mol. The number of ether oxygens (including phenoxy) is 2. The van der Waals surface area contributed by atoms with Crippen molar-refractivity contribution >= 4 is 18.0 Å². The Morgan fingerprint density at radius 1 is 1.22 bits per heavy atom. The van der Waals surface area contributed by atoms with E-state index < -0.39 is 48.4 Å². The number of likely N-dealkylation sites (tertiary alicyclic amines) is 1. The third-order valence-electron chi connectivity index (χ3n) is 5.00. The lowest BCUT2D eigenvalue weighted by molar-refractivity contribution is -0.156. The number of nitrogens with zero attached hydrogens (tertiary/aromatic N) is 1. The highest BCUT2D eigenvalue weighted by atomic mass is 19.1. The molecule has 2 rings (SSSR count). The molecule has 1 aliphatic rings. The second kappa shape index (κ2) is 11.8. The van der Waals surface area contributed by atoms with Gasteiger partial charge in [0.2, 0.25) is 5.91 Å². The van der Waals surface area contributed by atoms with E-state index in [1.807, 2.05) is 30.3 Å². The van der Waals surface area contributed by atoms with Crippen molar-refractivity contribution in [1.29, 1.82) is 0 Å². The number of carbonyl (C=O) groups is 3. The minimum absolute atomic E-state index is 0.0757. The Morgan fingerprint density at radius 2 is 1.91 bits per heavy atom. The molecule has 2 N–H and O–H groups in total. The van der Waals surface area contributed by atoms with Crippen LogP contribution in [0.3, 0.4) is 0 Å². The van der Waals surface area contributed by atoms with Crippen LogP contribution in [-0.2, 0) is 25.7 Å². The summed E-state index contributed by atoms with van der Waals surface area (Å²) >= 11 is 0. The predicted octanol–water partition coefficient (Wildman–Crippen LogP) is 2.72. The highest BCUT2D eigenvalue weighted by Gasteiger charge is 2.36. The number of nitrogens with one attached hydrogen (secondary N) is 1. The van der Waals surface area contributed by atoms with Crippen molar-refractivity contribution in [2.45, 2.75) is 76.9 Å². The number of halogens is 1. The maximum atomic E-state index is 13.1. The first-order valence-electron chi connectivity index (χ1n) is 10.8. The summed E-state index contributed by atoms with van der Waals surface area (Å²) in [6.45, 7) is 4.34. The zero-order chi connectivity index (χ0) is 23.7. The minimum Gasteiger partial charge on any atom is -0.460 e. The van der Waals surface area contributed by atoms with Crippen LogP contribution in [0.2, 0.25) is 0 Å². The lowest BCUT2D eigenvalue weighted by Gasteiger charge is -2.35. The molecule has 178 valence electrons. The number of piperidine rings is 1. The van der Waals surface area contributed by atoms with E-state index in [2.05, 4.69) is 5.32 Å². The Bertz CT molecular complexity index is 768. The molecule has 1 aliphatic heterocycles. The van der Waals surface area contributed by atoms with Crippen LogP contribution in [0.4, 0.5) is 9.18 Å². The van der Waals surface area contributed by atoms with Gasteiger partial charge < -0.3 is 19.9 Å². The third-order valence-corrected chi connectivity index (χ3v) is 5.00. The number of aliphatic hydroxyl groups excluding tert-OH is 1. The maximum absolute atomic E-state index is 13.1. The van der Waals surface area contributed by atoms with Gasteiger partial charge in [-0.25, -0.2) is 9.18 Å². The van der Waals surface area contributed by atoms with E-state index in [9.17, 15) is 23.9 Å². The van der Waals surface area contributed by atoms with Crippen LogP contribution < -0.4 is 5.32 Å². The molecule has 32 heavy (non-hydrogen) atoms. The van der Waals surface area contributed by atoms with E-state index in [0.29, 0.717) is 13.0 Å². The van der Waals surface area contributed by atoms with Gasteiger partial charge in [0, 0.05) is 6.54 Å². The van der Waals surface area contributed by atoms with Crippen molar-refractivity contribution in [2.75, 3.05) is 13.2 Å². The van der Waals surface area contributed by atoms with Crippen molar-refractivity contribution in [3.8, 4) is 0 Å². The third kappa shape index (κ3) is 8.11. The molecule has 0 radical (unpaired) electrons. The van der Waals surface area contributed by atoms with Crippen LogP contribution in [0, 0.1) is 0 Å². The number of hydrogen-bond acceptors (Lipinski definition) is 6. The summed E-state index contributed by atoms with van der Waals surface area (Å²) in [6.07, 6.45) is -0.741. The predicted molar refractivity (Wildman–Crippen MR) is 115 cm³/mol. The average molecular weight is 453 g/mol. The Kier molecular flexibility index (Phi) is 9.43. The van der Waals surface area contributed by atoms with Gasteiger partial charge in [0.1, 0.15) is 31.0 Å². The first-order valence-corrected chi connectivity index (χ1v) is 10.8. The van der Waals surface area contributed by atoms with Crippen LogP contribution in [0.25, 0.3) is 0 Å². The van der Waals surface area contributed by atoms with Gasteiger partial charge in [0.25, 0.3) is 0 Å². The number of aliphatic hydroxyl groups is 1. The topological polar surface area (TPSA) is 105 Å². The van der Waals surface area contributed by atoms with Crippen molar-refractivity contribution in [1.82, 2.24) is 10.2 Å².